The van der Waals surface area contributed by atoms with Crippen LogP contribution in [0, 0.1) is 5.92 Å². The molecule has 1 aliphatic heterocycles. The SMILES string of the molecule is CC(=O)C(=O)CC1CCN(P)c2ccccc2C1=O. The highest BCUT2D eigenvalue weighted by atomic mass is 31.0. The van der Waals surface area contributed by atoms with E-state index >= 15 is 0 Å². The van der Waals surface area contributed by atoms with Gasteiger partial charge in [0.05, 0.1) is 5.69 Å². The molecule has 2 atom stereocenters. The predicted molar refractivity (Wildman–Crippen MR) is 76.2 cm³/mol. The molecule has 4 nitrogen and oxygen atoms in total. The van der Waals surface area contributed by atoms with Crippen molar-refractivity contribution in [2.45, 2.75) is 19.8 Å². The van der Waals surface area contributed by atoms with E-state index < -0.39 is 17.5 Å². The lowest BCUT2D eigenvalue weighted by Crippen LogP contribution is -2.22. The van der Waals surface area contributed by atoms with Crippen LogP contribution in [0.25, 0.3) is 0 Å². The van der Waals surface area contributed by atoms with Gasteiger partial charge in [-0.25, -0.2) is 0 Å². The van der Waals surface area contributed by atoms with E-state index in [2.05, 4.69) is 9.39 Å². The quantitative estimate of drug-likeness (QED) is 0.626. The summed E-state index contributed by atoms with van der Waals surface area (Å²) in [4.78, 5) is 35.0. The lowest BCUT2D eigenvalue weighted by molar-refractivity contribution is -0.135. The van der Waals surface area contributed by atoms with Crippen molar-refractivity contribution in [3.05, 3.63) is 29.8 Å². The van der Waals surface area contributed by atoms with Gasteiger partial charge in [0.2, 0.25) is 0 Å². The summed E-state index contributed by atoms with van der Waals surface area (Å²) in [6, 6.07) is 7.34. The standard InChI is InChI=1S/C14H16NO3P/c1-9(16)13(17)8-10-6-7-15(19)12-5-3-2-4-11(12)14(10)18/h2-5,10H,6-8,19H2,1H3. The van der Waals surface area contributed by atoms with E-state index in [0.717, 1.165) is 5.69 Å². The molecule has 1 aliphatic rings. The Balaban J connectivity index is 2.29. The summed E-state index contributed by atoms with van der Waals surface area (Å²) in [6.45, 7) is 1.92. The van der Waals surface area contributed by atoms with Crippen LogP contribution < -0.4 is 4.67 Å². The number of para-hydroxylation sites is 1. The molecule has 0 aromatic heterocycles. The summed E-state index contributed by atoms with van der Waals surface area (Å²) in [7, 11) is 2.59. The van der Waals surface area contributed by atoms with Crippen molar-refractivity contribution >= 4 is 32.4 Å². The maximum atomic E-state index is 12.4. The summed E-state index contributed by atoms with van der Waals surface area (Å²) in [5, 5.41) is 0. The zero-order valence-corrected chi connectivity index (χ0v) is 11.9. The second-order valence-corrected chi connectivity index (χ2v) is 5.37. The summed E-state index contributed by atoms with van der Waals surface area (Å²) in [5.74, 6) is -1.39. The molecule has 2 unspecified atom stereocenters. The zero-order valence-electron chi connectivity index (χ0n) is 10.8. The third-order valence-electron chi connectivity index (χ3n) is 3.39. The summed E-state index contributed by atoms with van der Waals surface area (Å²) in [6.07, 6.45) is 0.594. The Morgan fingerprint density at radius 2 is 2.05 bits per heavy atom. The van der Waals surface area contributed by atoms with Gasteiger partial charge in [0.15, 0.2) is 17.3 Å². The van der Waals surface area contributed by atoms with Gasteiger partial charge in [-0.15, -0.1) is 0 Å². The van der Waals surface area contributed by atoms with Gasteiger partial charge in [0.25, 0.3) is 0 Å². The van der Waals surface area contributed by atoms with Gasteiger partial charge in [-0.1, -0.05) is 12.1 Å². The fraction of sp³-hybridized carbons (Fsp3) is 0.357. The van der Waals surface area contributed by atoms with Gasteiger partial charge < -0.3 is 4.67 Å². The monoisotopic (exact) mass is 277 g/mol. The molecule has 1 heterocycles. The number of benzene rings is 1. The second kappa shape index (κ2) is 5.62. The zero-order chi connectivity index (χ0) is 14.0. The predicted octanol–water partition coefficient (Wildman–Crippen LogP) is 2.03. The Bertz CT molecular complexity index is 541. The number of hydrogen-bond donors (Lipinski definition) is 0. The van der Waals surface area contributed by atoms with Crippen LogP contribution in [0.1, 0.15) is 30.1 Å². The van der Waals surface area contributed by atoms with Crippen LogP contribution in [0.15, 0.2) is 24.3 Å². The molecule has 1 aromatic rings. The van der Waals surface area contributed by atoms with E-state index in [1.165, 1.54) is 6.92 Å². The number of anilines is 1. The Labute approximate surface area is 114 Å². The van der Waals surface area contributed by atoms with E-state index in [1.807, 2.05) is 22.9 Å². The smallest absolute Gasteiger partial charge is 0.198 e. The van der Waals surface area contributed by atoms with Crippen LogP contribution >= 0.6 is 9.39 Å². The molecule has 0 saturated carbocycles. The molecule has 0 bridgehead atoms. The van der Waals surface area contributed by atoms with Crippen molar-refractivity contribution in [1.29, 1.82) is 0 Å². The number of Topliss-reactive ketones (excluding diaryl/α,β-unsaturated/α-hetero) is 3. The Hall–Kier alpha value is -1.54. The molecule has 0 saturated heterocycles. The Kier molecular flexibility index (Phi) is 4.11. The minimum Gasteiger partial charge on any atom is -0.355 e. The van der Waals surface area contributed by atoms with Crippen LogP contribution in [0.4, 0.5) is 5.69 Å². The van der Waals surface area contributed by atoms with Crippen LogP contribution in [-0.4, -0.2) is 23.9 Å². The minimum absolute atomic E-state index is 0.0149. The number of hydrogen-bond acceptors (Lipinski definition) is 4. The fourth-order valence-corrected chi connectivity index (χ4v) is 2.64. The fourth-order valence-electron chi connectivity index (χ4n) is 2.26. The third kappa shape index (κ3) is 2.90. The molecule has 0 radical (unpaired) electrons. The first-order valence-corrected chi connectivity index (χ1v) is 6.71. The van der Waals surface area contributed by atoms with Gasteiger partial charge in [0, 0.05) is 31.4 Å². The molecule has 0 amide bonds. The number of fused-ring (bicyclic) bond motifs is 1. The molecule has 100 valence electrons. The lowest BCUT2D eigenvalue weighted by atomic mass is 9.90. The van der Waals surface area contributed by atoms with Crippen molar-refractivity contribution in [3.63, 3.8) is 0 Å². The number of carbonyl (C=O) groups excluding carboxylic acids is 3. The largest absolute Gasteiger partial charge is 0.355 e. The Morgan fingerprint density at radius 1 is 1.37 bits per heavy atom. The molecule has 0 aliphatic carbocycles. The summed E-state index contributed by atoms with van der Waals surface area (Å²) in [5.41, 5.74) is 1.48. The van der Waals surface area contributed by atoms with E-state index in [9.17, 15) is 14.4 Å². The van der Waals surface area contributed by atoms with Crippen LogP contribution in [0.5, 0.6) is 0 Å². The number of nitrogens with zero attached hydrogens (tertiary/aromatic N) is 1. The van der Waals surface area contributed by atoms with Gasteiger partial charge in [0.1, 0.15) is 0 Å². The molecule has 19 heavy (non-hydrogen) atoms. The number of carbonyl (C=O) groups is 3. The average Bonchev–Trinajstić information content (AvgIpc) is 2.51. The van der Waals surface area contributed by atoms with Crippen LogP contribution in [0.2, 0.25) is 0 Å². The highest BCUT2D eigenvalue weighted by molar-refractivity contribution is 7.19. The maximum Gasteiger partial charge on any atom is 0.198 e. The third-order valence-corrected chi connectivity index (χ3v) is 3.93. The normalized spacial score (nSPS) is 18.7. The van der Waals surface area contributed by atoms with Crippen molar-refractivity contribution in [2.24, 2.45) is 5.92 Å². The second-order valence-electron chi connectivity index (χ2n) is 4.74. The van der Waals surface area contributed by atoms with Crippen molar-refractivity contribution in [3.8, 4) is 0 Å². The Morgan fingerprint density at radius 3 is 2.74 bits per heavy atom. The first-order valence-electron chi connectivity index (χ1n) is 6.20. The maximum absolute atomic E-state index is 12.4. The van der Waals surface area contributed by atoms with E-state index in [0.29, 0.717) is 18.5 Å². The number of rotatable bonds is 3. The average molecular weight is 277 g/mol. The topological polar surface area (TPSA) is 54.5 Å². The van der Waals surface area contributed by atoms with Crippen molar-refractivity contribution in [2.75, 3.05) is 11.2 Å². The molecule has 0 fully saturated rings. The highest BCUT2D eigenvalue weighted by Gasteiger charge is 2.29. The van der Waals surface area contributed by atoms with Crippen molar-refractivity contribution in [1.82, 2.24) is 0 Å². The first kappa shape index (κ1) is 13.9. The van der Waals surface area contributed by atoms with Gasteiger partial charge >= 0.3 is 0 Å². The minimum atomic E-state index is -0.479. The van der Waals surface area contributed by atoms with E-state index in [-0.39, 0.29) is 12.2 Å². The molecular weight excluding hydrogens is 261 g/mol. The first-order chi connectivity index (χ1) is 9.00. The van der Waals surface area contributed by atoms with E-state index in [4.69, 9.17) is 0 Å². The number of ketones is 3. The van der Waals surface area contributed by atoms with Crippen LogP contribution in [-0.2, 0) is 9.59 Å². The molecule has 2 rings (SSSR count). The molecule has 0 spiro atoms. The molecule has 0 N–H and O–H groups in total. The summed E-state index contributed by atoms with van der Waals surface area (Å²) < 4.78 is 1.94. The van der Waals surface area contributed by atoms with Crippen molar-refractivity contribution < 1.29 is 14.4 Å². The molecule has 1 aromatic carbocycles. The molecular formula is C14H16NO3P. The van der Waals surface area contributed by atoms with Gasteiger partial charge in [-0.2, -0.15) is 0 Å². The van der Waals surface area contributed by atoms with Crippen LogP contribution in [0.3, 0.4) is 0 Å². The molecule has 5 heteroatoms. The summed E-state index contributed by atoms with van der Waals surface area (Å²) >= 11 is 0. The highest BCUT2D eigenvalue weighted by Crippen LogP contribution is 2.32. The van der Waals surface area contributed by atoms with Gasteiger partial charge in [-0.3, -0.25) is 14.4 Å². The lowest BCUT2D eigenvalue weighted by Gasteiger charge is -2.17. The van der Waals surface area contributed by atoms with Gasteiger partial charge in [-0.05, 0) is 27.9 Å². The van der Waals surface area contributed by atoms with E-state index in [1.54, 1.807) is 6.07 Å².